The zero-order valence-electron chi connectivity index (χ0n) is 17.3. The van der Waals surface area contributed by atoms with Crippen molar-refractivity contribution in [3.63, 3.8) is 0 Å². The van der Waals surface area contributed by atoms with Crippen LogP contribution < -0.4 is 10.2 Å². The molecule has 6 heteroatoms. The van der Waals surface area contributed by atoms with Gasteiger partial charge in [-0.15, -0.1) is 0 Å². The molecule has 0 aliphatic carbocycles. The Labute approximate surface area is 181 Å². The van der Waals surface area contributed by atoms with E-state index in [9.17, 15) is 14.4 Å². The lowest BCUT2D eigenvalue weighted by Crippen LogP contribution is -2.35. The monoisotopic (exact) mass is 415 g/mol. The van der Waals surface area contributed by atoms with Crippen molar-refractivity contribution < 1.29 is 14.4 Å². The second kappa shape index (κ2) is 9.43. The number of imide groups is 1. The van der Waals surface area contributed by atoms with Gasteiger partial charge in [0.05, 0.1) is 0 Å². The van der Waals surface area contributed by atoms with Gasteiger partial charge in [0, 0.05) is 50.4 Å². The quantitative estimate of drug-likeness (QED) is 0.558. The van der Waals surface area contributed by atoms with Crippen LogP contribution in [0.1, 0.15) is 29.5 Å². The summed E-state index contributed by atoms with van der Waals surface area (Å²) in [7, 11) is 0. The molecule has 0 fully saturated rings. The Morgan fingerprint density at radius 3 is 2.32 bits per heavy atom. The van der Waals surface area contributed by atoms with Crippen LogP contribution in [0.15, 0.2) is 60.7 Å². The zero-order valence-corrected chi connectivity index (χ0v) is 17.3. The number of carbonyl (C=O) groups is 3. The average molecular weight is 415 g/mol. The first kappa shape index (κ1) is 20.6. The summed E-state index contributed by atoms with van der Waals surface area (Å²) in [5.41, 5.74) is 4.84. The summed E-state index contributed by atoms with van der Waals surface area (Å²) in [6.07, 6.45) is 7.68. The van der Waals surface area contributed by atoms with Crippen LogP contribution in [0.2, 0.25) is 0 Å². The molecule has 3 amide bonds. The van der Waals surface area contributed by atoms with Gasteiger partial charge in [0.2, 0.25) is 5.91 Å². The lowest BCUT2D eigenvalue weighted by molar-refractivity contribution is -0.137. The summed E-state index contributed by atoms with van der Waals surface area (Å²) in [4.78, 5) is 38.7. The third-order valence-electron chi connectivity index (χ3n) is 5.53. The number of nitrogens with one attached hydrogen (secondary N) is 1. The van der Waals surface area contributed by atoms with Gasteiger partial charge in [0.1, 0.15) is 0 Å². The number of benzene rings is 2. The fraction of sp³-hybridized carbons (Fsp3) is 0.240. The number of hydrogen-bond donors (Lipinski definition) is 1. The Bertz CT molecular complexity index is 1040. The molecule has 2 aliphatic heterocycles. The molecule has 0 saturated carbocycles. The Hall–Kier alpha value is -3.67. The van der Waals surface area contributed by atoms with Gasteiger partial charge in [0.15, 0.2) is 0 Å². The van der Waals surface area contributed by atoms with Crippen LogP contribution in [0.4, 0.5) is 5.69 Å². The number of rotatable bonds is 7. The van der Waals surface area contributed by atoms with E-state index in [1.54, 1.807) is 0 Å². The molecular weight excluding hydrogens is 390 g/mol. The second-order valence-electron chi connectivity index (χ2n) is 7.63. The number of fused-ring (bicyclic) bond motifs is 2. The van der Waals surface area contributed by atoms with E-state index in [2.05, 4.69) is 58.8 Å². The van der Waals surface area contributed by atoms with Gasteiger partial charge in [-0.1, -0.05) is 54.6 Å². The summed E-state index contributed by atoms with van der Waals surface area (Å²) < 4.78 is 0. The van der Waals surface area contributed by atoms with Crippen LogP contribution in [0.25, 0.3) is 12.2 Å². The third kappa shape index (κ3) is 4.91. The average Bonchev–Trinajstić information content (AvgIpc) is 3.09. The summed E-state index contributed by atoms with van der Waals surface area (Å²) in [5.74, 6) is -0.875. The minimum Gasteiger partial charge on any atom is -0.367 e. The summed E-state index contributed by atoms with van der Waals surface area (Å²) in [6, 6.07) is 16.7. The summed E-state index contributed by atoms with van der Waals surface area (Å²) in [6.45, 7) is 2.25. The second-order valence-corrected chi connectivity index (χ2v) is 7.63. The van der Waals surface area contributed by atoms with E-state index in [1.807, 2.05) is 12.1 Å². The largest absolute Gasteiger partial charge is 0.367 e. The summed E-state index contributed by atoms with van der Waals surface area (Å²) in [5, 5.41) is 2.90. The predicted octanol–water partition coefficient (Wildman–Crippen LogP) is 3.00. The maximum atomic E-state index is 12.1. The van der Waals surface area contributed by atoms with Gasteiger partial charge in [-0.25, -0.2) is 0 Å². The van der Waals surface area contributed by atoms with Crippen molar-refractivity contribution >= 4 is 35.6 Å². The molecule has 1 N–H and O–H groups in total. The van der Waals surface area contributed by atoms with Crippen molar-refractivity contribution in [3.05, 3.63) is 77.4 Å². The van der Waals surface area contributed by atoms with E-state index in [0.717, 1.165) is 24.4 Å². The van der Waals surface area contributed by atoms with Crippen LogP contribution in [0.3, 0.4) is 0 Å². The van der Waals surface area contributed by atoms with Crippen molar-refractivity contribution in [1.29, 1.82) is 0 Å². The van der Waals surface area contributed by atoms with Gasteiger partial charge in [0.25, 0.3) is 11.8 Å². The molecule has 158 valence electrons. The molecule has 0 bridgehead atoms. The van der Waals surface area contributed by atoms with E-state index in [0.29, 0.717) is 6.54 Å². The number of amides is 3. The number of nitrogens with zero attached hydrogens (tertiary/aromatic N) is 2. The van der Waals surface area contributed by atoms with E-state index in [4.69, 9.17) is 0 Å². The maximum Gasteiger partial charge on any atom is 0.253 e. The molecule has 0 spiro atoms. The highest BCUT2D eigenvalue weighted by atomic mass is 16.2. The number of hydrogen-bond acceptors (Lipinski definition) is 4. The zero-order chi connectivity index (χ0) is 21.6. The highest BCUT2D eigenvalue weighted by Gasteiger charge is 2.23. The normalized spacial score (nSPS) is 14.8. The van der Waals surface area contributed by atoms with E-state index < -0.39 is 0 Å². The Morgan fingerprint density at radius 2 is 1.52 bits per heavy atom. The highest BCUT2D eigenvalue weighted by molar-refractivity contribution is 6.13. The van der Waals surface area contributed by atoms with Gasteiger partial charge in [-0.2, -0.15) is 0 Å². The first-order valence-corrected chi connectivity index (χ1v) is 10.5. The number of para-hydroxylation sites is 1. The first-order valence-electron chi connectivity index (χ1n) is 10.5. The molecule has 0 atom stereocenters. The van der Waals surface area contributed by atoms with Crippen molar-refractivity contribution in [2.24, 2.45) is 0 Å². The smallest absolute Gasteiger partial charge is 0.253 e. The molecule has 2 aromatic carbocycles. The van der Waals surface area contributed by atoms with Crippen LogP contribution in [0.5, 0.6) is 0 Å². The van der Waals surface area contributed by atoms with Crippen molar-refractivity contribution in [2.75, 3.05) is 24.5 Å². The molecule has 2 heterocycles. The maximum absolute atomic E-state index is 12.1. The molecular formula is C25H25N3O3. The van der Waals surface area contributed by atoms with Crippen LogP contribution >= 0.6 is 0 Å². The fourth-order valence-electron chi connectivity index (χ4n) is 3.88. The van der Waals surface area contributed by atoms with E-state index in [1.165, 1.54) is 34.5 Å². The van der Waals surface area contributed by atoms with E-state index >= 15 is 0 Å². The summed E-state index contributed by atoms with van der Waals surface area (Å²) >= 11 is 0. The Kier molecular flexibility index (Phi) is 6.26. The van der Waals surface area contributed by atoms with Crippen molar-refractivity contribution in [3.8, 4) is 0 Å². The third-order valence-corrected chi connectivity index (χ3v) is 5.53. The van der Waals surface area contributed by atoms with Crippen molar-refractivity contribution in [1.82, 2.24) is 10.2 Å². The molecule has 6 nitrogen and oxygen atoms in total. The minimum absolute atomic E-state index is 0.110. The molecule has 2 aromatic rings. The van der Waals surface area contributed by atoms with Gasteiger partial charge in [-0.3, -0.25) is 19.3 Å². The molecule has 0 unspecified atom stereocenters. The van der Waals surface area contributed by atoms with Crippen molar-refractivity contribution in [2.45, 2.75) is 19.4 Å². The predicted molar refractivity (Wildman–Crippen MR) is 121 cm³/mol. The SMILES string of the molecule is O=C(CCN1C(=O)C=CC1=O)NCCCN1Cc2ccccc2C=Cc2ccccc21. The molecule has 0 radical (unpaired) electrons. The Balaban J connectivity index is 1.32. The van der Waals surface area contributed by atoms with Crippen LogP contribution in [-0.4, -0.2) is 42.3 Å². The van der Waals surface area contributed by atoms with Gasteiger partial charge >= 0.3 is 0 Å². The molecule has 4 rings (SSSR count). The van der Waals surface area contributed by atoms with Gasteiger partial charge < -0.3 is 10.2 Å². The van der Waals surface area contributed by atoms with Gasteiger partial charge in [-0.05, 0) is 29.2 Å². The molecule has 0 aromatic heterocycles. The lowest BCUT2D eigenvalue weighted by atomic mass is 10.0. The number of carbonyl (C=O) groups excluding carboxylic acids is 3. The lowest BCUT2D eigenvalue weighted by Gasteiger charge is -2.29. The molecule has 2 aliphatic rings. The van der Waals surface area contributed by atoms with Crippen LogP contribution in [0, 0.1) is 0 Å². The Morgan fingerprint density at radius 1 is 0.839 bits per heavy atom. The van der Waals surface area contributed by atoms with E-state index in [-0.39, 0.29) is 30.7 Å². The first-order chi connectivity index (χ1) is 15.1. The van der Waals surface area contributed by atoms with Crippen LogP contribution in [-0.2, 0) is 20.9 Å². The molecule has 0 saturated heterocycles. The number of anilines is 1. The molecule has 31 heavy (non-hydrogen) atoms. The highest BCUT2D eigenvalue weighted by Crippen LogP contribution is 2.28. The standard InChI is InChI=1S/C25H25N3O3/c29-23(14-17-28-24(30)12-13-25(28)31)26-15-5-16-27-18-21-8-2-1-6-19(21)10-11-20-7-3-4-9-22(20)27/h1-4,6-13H,5,14-18H2,(H,26,29). The topological polar surface area (TPSA) is 69.7 Å². The fourth-order valence-corrected chi connectivity index (χ4v) is 3.88. The minimum atomic E-state index is -0.358.